The number of nitrogens with one attached hydrogen (secondary N) is 1. The minimum atomic E-state index is -0.0104. The average Bonchev–Trinajstić information content (AvgIpc) is 2.45. The van der Waals surface area contributed by atoms with Crippen molar-refractivity contribution in [3.63, 3.8) is 0 Å². The van der Waals surface area contributed by atoms with Gasteiger partial charge in [-0.1, -0.05) is 13.0 Å². The standard InChI is InChI=1S/C15H25N3O2/c1-3-9-18(10-5-8-16)12-15(19)17-13-6-4-7-14(11-13)20-2/h4,6-7,11H,3,5,8-10,12,16H2,1-2H3,(H,17,19). The molecule has 0 unspecified atom stereocenters. The average molecular weight is 279 g/mol. The predicted octanol–water partition coefficient (Wildman–Crippen LogP) is 1.69. The Hall–Kier alpha value is -1.59. The van der Waals surface area contributed by atoms with Crippen molar-refractivity contribution < 1.29 is 9.53 Å². The number of hydrogen-bond acceptors (Lipinski definition) is 4. The fourth-order valence-electron chi connectivity index (χ4n) is 2.01. The van der Waals surface area contributed by atoms with Crippen LogP contribution in [0, 0.1) is 0 Å². The third-order valence-electron chi connectivity index (χ3n) is 2.94. The van der Waals surface area contributed by atoms with Crippen molar-refractivity contribution >= 4 is 11.6 Å². The second kappa shape index (κ2) is 9.34. The van der Waals surface area contributed by atoms with E-state index in [9.17, 15) is 4.79 Å². The number of nitrogens with zero attached hydrogens (tertiary/aromatic N) is 1. The van der Waals surface area contributed by atoms with Gasteiger partial charge >= 0.3 is 0 Å². The number of anilines is 1. The van der Waals surface area contributed by atoms with Gasteiger partial charge in [0.2, 0.25) is 5.91 Å². The molecule has 0 aliphatic heterocycles. The molecule has 0 aromatic heterocycles. The largest absolute Gasteiger partial charge is 0.497 e. The number of methoxy groups -OCH3 is 1. The molecule has 0 saturated carbocycles. The number of amides is 1. The Morgan fingerprint density at radius 3 is 2.85 bits per heavy atom. The summed E-state index contributed by atoms with van der Waals surface area (Å²) >= 11 is 0. The van der Waals surface area contributed by atoms with Crippen LogP contribution >= 0.6 is 0 Å². The Morgan fingerprint density at radius 1 is 1.40 bits per heavy atom. The lowest BCUT2D eigenvalue weighted by atomic mass is 10.3. The number of hydrogen-bond donors (Lipinski definition) is 2. The summed E-state index contributed by atoms with van der Waals surface area (Å²) in [5.41, 5.74) is 6.27. The van der Waals surface area contributed by atoms with Gasteiger partial charge in [-0.3, -0.25) is 9.69 Å². The van der Waals surface area contributed by atoms with E-state index >= 15 is 0 Å². The number of carbonyl (C=O) groups excluding carboxylic acids is 1. The van der Waals surface area contributed by atoms with Gasteiger partial charge in [-0.25, -0.2) is 0 Å². The molecule has 0 bridgehead atoms. The van der Waals surface area contributed by atoms with E-state index in [0.29, 0.717) is 13.1 Å². The molecule has 0 fully saturated rings. The van der Waals surface area contributed by atoms with E-state index in [0.717, 1.165) is 37.4 Å². The molecule has 1 rings (SSSR count). The molecule has 1 aromatic carbocycles. The fraction of sp³-hybridized carbons (Fsp3) is 0.533. The number of benzene rings is 1. The molecule has 0 atom stereocenters. The molecule has 112 valence electrons. The first-order valence-electron chi connectivity index (χ1n) is 7.06. The van der Waals surface area contributed by atoms with Gasteiger partial charge in [0.15, 0.2) is 0 Å². The van der Waals surface area contributed by atoms with E-state index in [-0.39, 0.29) is 5.91 Å². The molecule has 0 radical (unpaired) electrons. The highest BCUT2D eigenvalue weighted by Crippen LogP contribution is 2.16. The summed E-state index contributed by atoms with van der Waals surface area (Å²) in [5, 5.41) is 2.89. The predicted molar refractivity (Wildman–Crippen MR) is 82.0 cm³/mol. The SMILES string of the molecule is CCCN(CCCN)CC(=O)Nc1cccc(OC)c1. The van der Waals surface area contributed by atoms with Crippen LogP contribution in [0.15, 0.2) is 24.3 Å². The van der Waals surface area contributed by atoms with E-state index < -0.39 is 0 Å². The second-order valence-corrected chi connectivity index (χ2v) is 4.70. The quantitative estimate of drug-likeness (QED) is 0.722. The Morgan fingerprint density at radius 2 is 2.20 bits per heavy atom. The first-order chi connectivity index (χ1) is 9.69. The van der Waals surface area contributed by atoms with Crippen molar-refractivity contribution in [2.45, 2.75) is 19.8 Å². The molecular formula is C15H25N3O2. The van der Waals surface area contributed by atoms with Crippen LogP contribution in [0.1, 0.15) is 19.8 Å². The normalized spacial score (nSPS) is 10.6. The lowest BCUT2D eigenvalue weighted by Gasteiger charge is -2.20. The maximum atomic E-state index is 12.0. The number of rotatable bonds is 9. The molecule has 1 aromatic rings. The van der Waals surface area contributed by atoms with E-state index in [2.05, 4.69) is 17.1 Å². The monoisotopic (exact) mass is 279 g/mol. The Kier molecular flexibility index (Phi) is 7.69. The van der Waals surface area contributed by atoms with Gasteiger partial charge in [-0.2, -0.15) is 0 Å². The number of ether oxygens (including phenoxy) is 1. The zero-order chi connectivity index (χ0) is 14.8. The summed E-state index contributed by atoms with van der Waals surface area (Å²) in [6, 6.07) is 7.36. The third kappa shape index (κ3) is 6.04. The molecule has 3 N–H and O–H groups in total. The first-order valence-corrected chi connectivity index (χ1v) is 7.06. The molecular weight excluding hydrogens is 254 g/mol. The third-order valence-corrected chi connectivity index (χ3v) is 2.94. The highest BCUT2D eigenvalue weighted by Gasteiger charge is 2.10. The summed E-state index contributed by atoms with van der Waals surface area (Å²) in [6.45, 7) is 4.92. The summed E-state index contributed by atoms with van der Waals surface area (Å²) in [5.74, 6) is 0.722. The van der Waals surface area contributed by atoms with Crippen molar-refractivity contribution in [3.8, 4) is 5.75 Å². The van der Waals surface area contributed by atoms with Crippen molar-refractivity contribution in [1.82, 2.24) is 4.90 Å². The van der Waals surface area contributed by atoms with E-state index in [1.165, 1.54) is 0 Å². The lowest BCUT2D eigenvalue weighted by molar-refractivity contribution is -0.117. The summed E-state index contributed by atoms with van der Waals surface area (Å²) in [7, 11) is 1.61. The number of nitrogens with two attached hydrogens (primary N) is 1. The van der Waals surface area contributed by atoms with E-state index in [1.54, 1.807) is 7.11 Å². The Labute approximate surface area is 121 Å². The maximum absolute atomic E-state index is 12.0. The fourth-order valence-corrected chi connectivity index (χ4v) is 2.01. The first kappa shape index (κ1) is 16.5. The van der Waals surface area contributed by atoms with Gasteiger partial charge in [-0.15, -0.1) is 0 Å². The van der Waals surface area contributed by atoms with Crippen LogP contribution in [-0.2, 0) is 4.79 Å². The summed E-state index contributed by atoms with van der Waals surface area (Å²) in [6.07, 6.45) is 1.93. The highest BCUT2D eigenvalue weighted by atomic mass is 16.5. The van der Waals surface area contributed by atoms with Crippen molar-refractivity contribution in [2.75, 3.05) is 38.6 Å². The smallest absolute Gasteiger partial charge is 0.238 e. The molecule has 20 heavy (non-hydrogen) atoms. The van der Waals surface area contributed by atoms with E-state index in [1.807, 2.05) is 24.3 Å². The summed E-state index contributed by atoms with van der Waals surface area (Å²) < 4.78 is 5.13. The van der Waals surface area contributed by atoms with Gasteiger partial charge in [0.25, 0.3) is 0 Å². The summed E-state index contributed by atoms with van der Waals surface area (Å²) in [4.78, 5) is 14.2. The van der Waals surface area contributed by atoms with E-state index in [4.69, 9.17) is 10.5 Å². The molecule has 0 spiro atoms. The van der Waals surface area contributed by atoms with Crippen LogP contribution in [0.3, 0.4) is 0 Å². The van der Waals surface area contributed by atoms with Gasteiger partial charge in [-0.05, 0) is 44.6 Å². The van der Waals surface area contributed by atoms with Gasteiger partial charge < -0.3 is 15.8 Å². The zero-order valence-corrected chi connectivity index (χ0v) is 12.4. The van der Waals surface area contributed by atoms with Crippen molar-refractivity contribution in [1.29, 1.82) is 0 Å². The Bertz CT molecular complexity index is 410. The van der Waals surface area contributed by atoms with Crippen molar-refractivity contribution in [3.05, 3.63) is 24.3 Å². The Balaban J connectivity index is 2.51. The van der Waals surface area contributed by atoms with Crippen LogP contribution in [0.2, 0.25) is 0 Å². The van der Waals surface area contributed by atoms with Gasteiger partial charge in [0.05, 0.1) is 13.7 Å². The van der Waals surface area contributed by atoms with Crippen LogP contribution in [0.5, 0.6) is 5.75 Å². The highest BCUT2D eigenvalue weighted by molar-refractivity contribution is 5.92. The number of carbonyl (C=O) groups is 1. The molecule has 5 nitrogen and oxygen atoms in total. The van der Waals surface area contributed by atoms with Gasteiger partial charge in [0, 0.05) is 11.8 Å². The zero-order valence-electron chi connectivity index (χ0n) is 12.4. The van der Waals surface area contributed by atoms with Crippen LogP contribution in [0.25, 0.3) is 0 Å². The van der Waals surface area contributed by atoms with Crippen LogP contribution in [-0.4, -0.2) is 44.1 Å². The maximum Gasteiger partial charge on any atom is 0.238 e. The van der Waals surface area contributed by atoms with Crippen LogP contribution in [0.4, 0.5) is 5.69 Å². The second-order valence-electron chi connectivity index (χ2n) is 4.70. The minimum absolute atomic E-state index is 0.0104. The molecule has 0 saturated heterocycles. The minimum Gasteiger partial charge on any atom is -0.497 e. The molecule has 0 heterocycles. The molecule has 1 amide bonds. The molecule has 0 aliphatic rings. The topological polar surface area (TPSA) is 67.6 Å². The molecule has 5 heteroatoms. The van der Waals surface area contributed by atoms with Gasteiger partial charge in [0.1, 0.15) is 5.75 Å². The van der Waals surface area contributed by atoms with Crippen LogP contribution < -0.4 is 15.8 Å². The van der Waals surface area contributed by atoms with Crippen molar-refractivity contribution in [2.24, 2.45) is 5.73 Å². The lowest BCUT2D eigenvalue weighted by Crippen LogP contribution is -2.35. The molecule has 0 aliphatic carbocycles.